The molecular formula is C78H56N23OS+5. The summed E-state index contributed by atoms with van der Waals surface area (Å²) in [5, 5.41) is 1.26. The van der Waals surface area contributed by atoms with Gasteiger partial charge in [0.05, 0.1) is 53.0 Å². The van der Waals surface area contributed by atoms with Crippen molar-refractivity contribution >= 4 is 95.0 Å². The number of para-hydroxylation sites is 1. The van der Waals surface area contributed by atoms with E-state index in [4.69, 9.17) is 18.5 Å². The van der Waals surface area contributed by atoms with Crippen molar-refractivity contribution in [1.29, 1.82) is 0 Å². The number of hydrogen-bond acceptors (Lipinski definition) is 12. The smallest absolute Gasteiger partial charge is 0.355 e. The molecule has 21 aromatic rings. The Morgan fingerprint density at radius 1 is 0.427 bits per heavy atom. The standard InChI is InChI=1S/C20H14N5.2C15H12N5.C14H9N4O.C14H9N4S/c1-2-6-15(7-3-1)25-18-20(23-11-5-4-8-17(23)22-18)24-13-14-9-10-21-12-16(14)19(24)25;2*1-18-13-9-19-8-10-4-6-16-7-11(10)15(19)20(13)12-3-2-5-17-14(12)18;2*1-2-6-17-11(3-1)16-12-13(17)18-8-9-4-5-15-7-10(9)14(18)19-12/h1-12H,13H2;2*2-7,9H,8H2,1H3;2*1-7H,8H2/q5*+1/i;1D3;;;. The molecule has 5 aliphatic rings. The first-order valence-corrected chi connectivity index (χ1v) is 34.4. The second-order valence-electron chi connectivity index (χ2n) is 25.9. The highest BCUT2D eigenvalue weighted by atomic mass is 32.1. The van der Waals surface area contributed by atoms with E-state index >= 15 is 0 Å². The summed E-state index contributed by atoms with van der Waals surface area (Å²) in [6, 6.07) is 46.7. The molecule has 0 unspecified atom stereocenters. The lowest BCUT2D eigenvalue weighted by atomic mass is 10.2. The van der Waals surface area contributed by atoms with Gasteiger partial charge in [-0.1, -0.05) is 47.7 Å². The summed E-state index contributed by atoms with van der Waals surface area (Å²) >= 11 is 1.75. The van der Waals surface area contributed by atoms with Crippen molar-refractivity contribution in [1.82, 2.24) is 85.5 Å². The van der Waals surface area contributed by atoms with Gasteiger partial charge < -0.3 is 4.42 Å². The molecule has 25 heterocycles. The van der Waals surface area contributed by atoms with Gasteiger partial charge in [0.1, 0.15) is 31.9 Å². The summed E-state index contributed by atoms with van der Waals surface area (Å²) in [5.41, 5.74) is 26.2. The minimum Gasteiger partial charge on any atom is -0.395 e. The van der Waals surface area contributed by atoms with Crippen LogP contribution in [0.5, 0.6) is 0 Å². The largest absolute Gasteiger partial charge is 0.395 e. The van der Waals surface area contributed by atoms with Gasteiger partial charge in [-0.05, 0) is 91.0 Å². The molecule has 1 aromatic carbocycles. The van der Waals surface area contributed by atoms with Gasteiger partial charge >= 0.3 is 22.9 Å². The predicted octanol–water partition coefficient (Wildman–Crippen LogP) is 10.1. The number of fused-ring (bicyclic) bond motifs is 35. The van der Waals surface area contributed by atoms with Crippen molar-refractivity contribution in [3.05, 3.63) is 273 Å². The third-order valence-electron chi connectivity index (χ3n) is 20.3. The van der Waals surface area contributed by atoms with Crippen LogP contribution in [0, 0.1) is 0 Å². The minimum absolute atomic E-state index is 0.461. The highest BCUT2D eigenvalue weighted by Gasteiger charge is 2.40. The van der Waals surface area contributed by atoms with Crippen LogP contribution in [0.2, 0.25) is 0 Å². The van der Waals surface area contributed by atoms with E-state index in [1.807, 2.05) is 170 Å². The number of imidazole rings is 8. The number of pyridine rings is 10. The van der Waals surface area contributed by atoms with Gasteiger partial charge in [0.15, 0.2) is 45.4 Å². The molecule has 5 aliphatic heterocycles. The number of oxazole rings is 1. The lowest BCUT2D eigenvalue weighted by Crippen LogP contribution is -2.32. The van der Waals surface area contributed by atoms with Gasteiger partial charge in [0.25, 0.3) is 22.9 Å². The average Bonchev–Trinajstić information content (AvgIpc) is 1.55. The summed E-state index contributed by atoms with van der Waals surface area (Å²) in [5.74, 6) is 4.13. The number of nitrogens with zero attached hydrogens (tertiary/aromatic N) is 23. The molecule has 25 heteroatoms. The van der Waals surface area contributed by atoms with E-state index in [0.717, 1.165) is 128 Å². The van der Waals surface area contributed by atoms with Crippen LogP contribution >= 0.6 is 11.3 Å². The van der Waals surface area contributed by atoms with Crippen LogP contribution in [0.25, 0.3) is 146 Å². The van der Waals surface area contributed by atoms with Crippen molar-refractivity contribution in [3.63, 3.8) is 0 Å². The van der Waals surface area contributed by atoms with Crippen LogP contribution in [0.15, 0.2) is 249 Å². The lowest BCUT2D eigenvalue weighted by Gasteiger charge is -2.02. The molecule has 0 saturated heterocycles. The highest BCUT2D eigenvalue weighted by molar-refractivity contribution is 7.20. The van der Waals surface area contributed by atoms with Gasteiger partial charge in [-0.3, -0.25) is 34.1 Å². The van der Waals surface area contributed by atoms with Gasteiger partial charge in [0.2, 0.25) is 33.2 Å². The second kappa shape index (κ2) is 21.8. The van der Waals surface area contributed by atoms with E-state index in [1.54, 1.807) is 23.7 Å². The maximum absolute atomic E-state index is 7.87. The van der Waals surface area contributed by atoms with Crippen LogP contribution in [-0.2, 0) is 46.7 Å². The molecule has 24 nitrogen and oxygen atoms in total. The van der Waals surface area contributed by atoms with Crippen LogP contribution in [0.1, 0.15) is 31.9 Å². The van der Waals surface area contributed by atoms with Crippen molar-refractivity contribution in [3.8, 4) is 61.9 Å². The summed E-state index contributed by atoms with van der Waals surface area (Å²) in [6.07, 6.45) is 32.4. The van der Waals surface area contributed by atoms with E-state index in [1.165, 1.54) is 65.6 Å². The molecule has 490 valence electrons. The van der Waals surface area contributed by atoms with Crippen molar-refractivity contribution in [2.75, 3.05) is 0 Å². The Morgan fingerprint density at radius 2 is 0.922 bits per heavy atom. The molecule has 0 aliphatic carbocycles. The molecular weight excluding hydrogens is 1310 g/mol. The minimum atomic E-state index is -2.29. The van der Waals surface area contributed by atoms with Gasteiger partial charge in [-0.2, -0.15) is 37.1 Å². The van der Waals surface area contributed by atoms with Crippen LogP contribution < -0.4 is 22.8 Å². The first-order chi connectivity index (χ1) is 52.1. The molecule has 0 radical (unpaired) electrons. The number of benzene rings is 1. The summed E-state index contributed by atoms with van der Waals surface area (Å²) in [7, 11) is 2.06. The van der Waals surface area contributed by atoms with Crippen LogP contribution in [0.3, 0.4) is 0 Å². The maximum Gasteiger partial charge on any atom is 0.355 e. The number of hydrogen-bond donors (Lipinski definition) is 0. The zero-order valence-corrected chi connectivity index (χ0v) is 55.5. The third-order valence-corrected chi connectivity index (χ3v) is 21.4. The van der Waals surface area contributed by atoms with Crippen LogP contribution in [0.4, 0.5) is 0 Å². The van der Waals surface area contributed by atoms with Crippen molar-refractivity contribution in [2.24, 2.45) is 14.0 Å². The molecule has 0 fully saturated rings. The number of rotatable bonds is 1. The zero-order chi connectivity index (χ0) is 70.2. The molecule has 0 atom stereocenters. The first kappa shape index (κ1) is 54.1. The van der Waals surface area contributed by atoms with E-state index < -0.39 is 6.98 Å². The van der Waals surface area contributed by atoms with Gasteiger partial charge in [0, 0.05) is 132 Å². The Hall–Kier alpha value is -13.8. The normalized spacial score (nSPS) is 13.5. The quantitative estimate of drug-likeness (QED) is 0.142. The van der Waals surface area contributed by atoms with E-state index in [2.05, 4.69) is 164 Å². The monoisotopic (exact) mass is 1370 g/mol. The second-order valence-corrected chi connectivity index (χ2v) is 26.9. The number of aryl methyl sites for hydroxylation is 2. The zero-order valence-electron chi connectivity index (χ0n) is 57.7. The molecule has 103 heavy (non-hydrogen) atoms. The van der Waals surface area contributed by atoms with E-state index in [-0.39, 0.29) is 0 Å². The fourth-order valence-corrected chi connectivity index (χ4v) is 16.9. The molecule has 0 N–H and O–H groups in total. The Kier molecular flexibility index (Phi) is 11.5. The molecule has 26 rings (SSSR count). The summed E-state index contributed by atoms with van der Waals surface area (Å²) in [6.45, 7) is 1.90. The topological polar surface area (TPSA) is 198 Å². The van der Waals surface area contributed by atoms with Gasteiger partial charge in [-0.25, -0.2) is 37.2 Å². The average molecular weight is 1370 g/mol. The van der Waals surface area contributed by atoms with E-state index in [9.17, 15) is 0 Å². The van der Waals surface area contributed by atoms with Crippen molar-refractivity contribution < 1.29 is 31.4 Å². The third kappa shape index (κ3) is 8.35. The highest BCUT2D eigenvalue weighted by Crippen LogP contribution is 2.38. The first-order valence-electron chi connectivity index (χ1n) is 35.1. The Labute approximate surface area is 590 Å². The Balaban J connectivity index is 0.0000000830. The maximum atomic E-state index is 7.87. The Morgan fingerprint density at radius 3 is 1.55 bits per heavy atom. The summed E-state index contributed by atoms with van der Waals surface area (Å²) in [4.78, 5) is 45.2. The van der Waals surface area contributed by atoms with Crippen molar-refractivity contribution in [2.45, 2.75) is 32.7 Å². The summed E-state index contributed by atoms with van der Waals surface area (Å²) < 4.78 is 57.0. The number of aromatic nitrogens is 23. The Bertz CT molecular complexity index is 7090. The molecule has 0 saturated carbocycles. The number of thiazole rings is 1. The molecule has 0 amide bonds. The fourth-order valence-electron chi connectivity index (χ4n) is 15.8. The molecule has 0 bridgehead atoms. The van der Waals surface area contributed by atoms with E-state index in [0.29, 0.717) is 17.0 Å². The lowest BCUT2D eigenvalue weighted by molar-refractivity contribution is -0.670. The molecule has 0 spiro atoms. The van der Waals surface area contributed by atoms with Gasteiger partial charge in [-0.15, -0.1) is 0 Å². The SMILES string of the molecule is Cn1c2ncccc2n2c3[n+](cc12)Cc1ccncc1-3.[2H]C([2H])([2H])n1c2ncccc2n2c3[n+](cc12)Cc1ccncc1-3.c1ccc(-n2c3[n+](c4c2nc2ccccn24)Cc2ccncc2-3)cc1.c1ccn2c(c1)nc1oc3[n+](c12)Cc1ccncc1-3.c1ccn2c(c1)nc1sc3[n+](c12)Cc1ccncc1-3. The fraction of sp³-hybridized carbons (Fsp3) is 0.0897. The molecule has 20 aromatic heterocycles. The van der Waals surface area contributed by atoms with Crippen LogP contribution in [-0.4, -0.2) is 85.5 Å². The predicted molar refractivity (Wildman–Crippen MR) is 384 cm³/mol.